The molecule has 6 nitrogen and oxygen atoms in total. The van der Waals surface area contributed by atoms with Crippen molar-refractivity contribution in [3.05, 3.63) is 23.8 Å². The maximum absolute atomic E-state index is 12.6. The molecular formula is C17H23N3O3S2. The number of carbonyl (C=O) groups excluding carboxylic acids is 1. The summed E-state index contributed by atoms with van der Waals surface area (Å²) in [6.07, 6.45) is 2.58. The maximum atomic E-state index is 12.6. The minimum atomic E-state index is -3.26. The van der Waals surface area contributed by atoms with Gasteiger partial charge in [-0.05, 0) is 30.4 Å². The van der Waals surface area contributed by atoms with Gasteiger partial charge in [0.05, 0.1) is 22.4 Å². The number of benzene rings is 1. The summed E-state index contributed by atoms with van der Waals surface area (Å²) in [5, 5.41) is 3.46. The van der Waals surface area contributed by atoms with Crippen LogP contribution in [0.1, 0.15) is 38.2 Å². The summed E-state index contributed by atoms with van der Waals surface area (Å²) >= 11 is 1.45. The zero-order valence-corrected chi connectivity index (χ0v) is 16.3. The number of rotatable bonds is 4. The summed E-state index contributed by atoms with van der Waals surface area (Å²) < 4.78 is 25.9. The Kier molecular flexibility index (Phi) is 5.13. The van der Waals surface area contributed by atoms with Crippen LogP contribution in [0.3, 0.4) is 0 Å². The van der Waals surface area contributed by atoms with Crippen molar-refractivity contribution >= 4 is 42.6 Å². The molecule has 0 saturated carbocycles. The molecule has 1 saturated heterocycles. The van der Waals surface area contributed by atoms with Gasteiger partial charge >= 0.3 is 0 Å². The van der Waals surface area contributed by atoms with Gasteiger partial charge in [-0.15, -0.1) is 0 Å². The van der Waals surface area contributed by atoms with E-state index in [4.69, 9.17) is 0 Å². The van der Waals surface area contributed by atoms with Crippen LogP contribution in [0.4, 0.5) is 5.13 Å². The Morgan fingerprint density at radius 1 is 1.40 bits per heavy atom. The smallest absolute Gasteiger partial charge is 0.230 e. The van der Waals surface area contributed by atoms with Crippen molar-refractivity contribution < 1.29 is 13.2 Å². The van der Waals surface area contributed by atoms with E-state index in [1.807, 2.05) is 12.1 Å². The van der Waals surface area contributed by atoms with Crippen LogP contribution in [0, 0.1) is 5.92 Å². The van der Waals surface area contributed by atoms with Gasteiger partial charge in [-0.1, -0.05) is 37.3 Å². The molecule has 1 aliphatic heterocycles. The number of nitrogens with one attached hydrogen (secondary N) is 1. The molecule has 2 heterocycles. The van der Waals surface area contributed by atoms with Crippen LogP contribution in [0.2, 0.25) is 0 Å². The molecular weight excluding hydrogens is 358 g/mol. The number of hydrogen-bond acceptors (Lipinski definition) is 5. The minimum Gasteiger partial charge on any atom is -0.302 e. The number of hydrogen-bond donors (Lipinski definition) is 1. The number of sulfonamides is 1. The van der Waals surface area contributed by atoms with Gasteiger partial charge in [-0.3, -0.25) is 4.79 Å². The number of carbonyl (C=O) groups is 1. The van der Waals surface area contributed by atoms with Gasteiger partial charge in [0.25, 0.3) is 0 Å². The first-order valence-corrected chi connectivity index (χ1v) is 11.1. The molecule has 3 rings (SSSR count). The fourth-order valence-electron chi connectivity index (χ4n) is 3.15. The standard InChI is InChI=1S/C17H23N3O3S2/c1-11(2)13-7-4-8-14-15(13)18-17(24-14)19-16(21)12-6-5-9-20(10-12)25(3,22)23/h4,7-8,11-12H,5-6,9-10H2,1-3H3,(H,18,19,21)/t12-/m0/s1. The molecule has 2 aromatic rings. The normalized spacial score (nSPS) is 19.4. The van der Waals surface area contributed by atoms with Gasteiger partial charge in [-0.25, -0.2) is 17.7 Å². The van der Waals surface area contributed by atoms with E-state index in [1.165, 1.54) is 21.9 Å². The highest BCUT2D eigenvalue weighted by Crippen LogP contribution is 2.32. The van der Waals surface area contributed by atoms with Crippen LogP contribution in [0.15, 0.2) is 18.2 Å². The summed E-state index contributed by atoms with van der Waals surface area (Å²) in [4.78, 5) is 17.2. The van der Waals surface area contributed by atoms with E-state index in [9.17, 15) is 13.2 Å². The summed E-state index contributed by atoms with van der Waals surface area (Å²) in [6, 6.07) is 6.07. The molecule has 0 unspecified atom stereocenters. The largest absolute Gasteiger partial charge is 0.302 e. The number of amides is 1. The van der Waals surface area contributed by atoms with Crippen LogP contribution >= 0.6 is 11.3 Å². The van der Waals surface area contributed by atoms with Crippen LogP contribution in [0.25, 0.3) is 10.2 Å². The average molecular weight is 382 g/mol. The van der Waals surface area contributed by atoms with Crippen molar-refractivity contribution in [1.82, 2.24) is 9.29 Å². The fourth-order valence-corrected chi connectivity index (χ4v) is 4.97. The summed E-state index contributed by atoms with van der Waals surface area (Å²) in [5.74, 6) is -0.130. The predicted octanol–water partition coefficient (Wildman–Crippen LogP) is 3.03. The first kappa shape index (κ1) is 18.3. The van der Waals surface area contributed by atoms with E-state index in [-0.39, 0.29) is 18.4 Å². The lowest BCUT2D eigenvalue weighted by atomic mass is 9.99. The van der Waals surface area contributed by atoms with Gasteiger partial charge in [0.1, 0.15) is 0 Å². The third kappa shape index (κ3) is 4.02. The van der Waals surface area contributed by atoms with Crippen LogP contribution in [0.5, 0.6) is 0 Å². The van der Waals surface area contributed by atoms with E-state index < -0.39 is 10.0 Å². The molecule has 1 atom stereocenters. The molecule has 25 heavy (non-hydrogen) atoms. The Morgan fingerprint density at radius 3 is 2.84 bits per heavy atom. The Bertz CT molecular complexity index is 890. The molecule has 1 amide bonds. The SMILES string of the molecule is CC(C)c1cccc2sc(NC(=O)[C@H]3CCCN(S(C)(=O)=O)C3)nc12. The Balaban J connectivity index is 1.77. The quantitative estimate of drug-likeness (QED) is 0.883. The van der Waals surface area contributed by atoms with Gasteiger partial charge in [0.15, 0.2) is 5.13 Å². The molecule has 0 bridgehead atoms. The Morgan fingerprint density at radius 2 is 2.16 bits per heavy atom. The average Bonchev–Trinajstić information content (AvgIpc) is 2.96. The Labute approximate surface area is 152 Å². The second-order valence-electron chi connectivity index (χ2n) is 6.82. The Hall–Kier alpha value is -1.51. The molecule has 8 heteroatoms. The minimum absolute atomic E-state index is 0.154. The predicted molar refractivity (Wildman–Crippen MR) is 101 cm³/mol. The third-order valence-electron chi connectivity index (χ3n) is 4.53. The first-order chi connectivity index (χ1) is 11.8. The zero-order chi connectivity index (χ0) is 18.2. The first-order valence-electron chi connectivity index (χ1n) is 8.41. The highest BCUT2D eigenvalue weighted by molar-refractivity contribution is 7.88. The van der Waals surface area contributed by atoms with Crippen molar-refractivity contribution in [2.75, 3.05) is 24.7 Å². The van der Waals surface area contributed by atoms with E-state index in [0.29, 0.717) is 30.4 Å². The van der Waals surface area contributed by atoms with Crippen molar-refractivity contribution in [3.63, 3.8) is 0 Å². The van der Waals surface area contributed by atoms with Crippen molar-refractivity contribution in [2.45, 2.75) is 32.6 Å². The van der Waals surface area contributed by atoms with Gasteiger partial charge in [-0.2, -0.15) is 0 Å². The monoisotopic (exact) mass is 381 g/mol. The van der Waals surface area contributed by atoms with Gasteiger partial charge in [0, 0.05) is 13.1 Å². The number of anilines is 1. The molecule has 1 aromatic carbocycles. The molecule has 1 aliphatic rings. The van der Waals surface area contributed by atoms with E-state index >= 15 is 0 Å². The molecule has 1 N–H and O–H groups in total. The van der Waals surface area contributed by atoms with Crippen molar-refractivity contribution in [1.29, 1.82) is 0 Å². The number of para-hydroxylation sites is 1. The summed E-state index contributed by atoms with van der Waals surface area (Å²) in [7, 11) is -3.26. The van der Waals surface area contributed by atoms with Crippen LogP contribution in [-0.2, 0) is 14.8 Å². The molecule has 0 radical (unpaired) electrons. The van der Waals surface area contributed by atoms with Crippen LogP contribution < -0.4 is 5.32 Å². The number of aromatic nitrogens is 1. The lowest BCUT2D eigenvalue weighted by Crippen LogP contribution is -2.43. The topological polar surface area (TPSA) is 79.4 Å². The highest BCUT2D eigenvalue weighted by atomic mass is 32.2. The van der Waals surface area contributed by atoms with Crippen molar-refractivity contribution in [3.8, 4) is 0 Å². The number of piperidine rings is 1. The van der Waals surface area contributed by atoms with Gasteiger partial charge in [0.2, 0.25) is 15.9 Å². The van der Waals surface area contributed by atoms with E-state index in [2.05, 4.69) is 30.2 Å². The molecule has 0 aliphatic carbocycles. The maximum Gasteiger partial charge on any atom is 0.230 e. The molecule has 136 valence electrons. The number of nitrogens with zero attached hydrogens (tertiary/aromatic N) is 2. The highest BCUT2D eigenvalue weighted by Gasteiger charge is 2.30. The zero-order valence-electron chi connectivity index (χ0n) is 14.7. The summed E-state index contributed by atoms with van der Waals surface area (Å²) in [6.45, 7) is 4.97. The number of fused-ring (bicyclic) bond motifs is 1. The lowest BCUT2D eigenvalue weighted by molar-refractivity contribution is -0.120. The molecule has 1 fully saturated rings. The number of thiazole rings is 1. The molecule has 0 spiro atoms. The second-order valence-corrected chi connectivity index (χ2v) is 9.83. The summed E-state index contributed by atoms with van der Waals surface area (Å²) in [5.41, 5.74) is 2.09. The third-order valence-corrected chi connectivity index (χ3v) is 6.73. The second kappa shape index (κ2) is 7.01. The van der Waals surface area contributed by atoms with Gasteiger partial charge < -0.3 is 5.32 Å². The van der Waals surface area contributed by atoms with E-state index in [1.54, 1.807) is 0 Å². The fraction of sp³-hybridized carbons (Fsp3) is 0.529. The van der Waals surface area contributed by atoms with Crippen LogP contribution in [-0.4, -0.2) is 43.0 Å². The lowest BCUT2D eigenvalue weighted by Gasteiger charge is -2.29. The van der Waals surface area contributed by atoms with Crippen molar-refractivity contribution in [2.24, 2.45) is 5.92 Å². The van der Waals surface area contributed by atoms with E-state index in [0.717, 1.165) is 15.8 Å². The molecule has 1 aromatic heterocycles.